The fourth-order valence-corrected chi connectivity index (χ4v) is 3.49. The minimum Gasteiger partial charge on any atom is -0.469 e. The standard InChI is InChI=1S/C16H22O4/c1-16(2)9-5-6-10-12(16)8-7-11(14(17)19-3)13(10)15(18)20-4/h7-8,10,13H,5-6,9H2,1-4H3/t10-,13-/m0/s1. The molecule has 4 nitrogen and oxygen atoms in total. The Labute approximate surface area is 119 Å². The Kier molecular flexibility index (Phi) is 4.02. The number of rotatable bonds is 2. The van der Waals surface area contributed by atoms with Crippen LogP contribution in [0.2, 0.25) is 0 Å². The molecule has 0 heterocycles. The summed E-state index contributed by atoms with van der Waals surface area (Å²) in [4.78, 5) is 24.1. The van der Waals surface area contributed by atoms with Crippen LogP contribution >= 0.6 is 0 Å². The number of methoxy groups -OCH3 is 2. The van der Waals surface area contributed by atoms with E-state index in [9.17, 15) is 9.59 Å². The first-order chi connectivity index (χ1) is 9.42. The van der Waals surface area contributed by atoms with Crippen LogP contribution in [0.25, 0.3) is 0 Å². The lowest BCUT2D eigenvalue weighted by Gasteiger charge is -2.43. The van der Waals surface area contributed by atoms with Crippen molar-refractivity contribution in [2.24, 2.45) is 17.3 Å². The fourth-order valence-electron chi connectivity index (χ4n) is 3.49. The van der Waals surface area contributed by atoms with Crippen LogP contribution in [0.3, 0.4) is 0 Å². The normalized spacial score (nSPS) is 27.8. The highest BCUT2D eigenvalue weighted by Crippen LogP contribution is 2.50. The van der Waals surface area contributed by atoms with Crippen LogP contribution in [0, 0.1) is 17.3 Å². The number of carbonyl (C=O) groups excluding carboxylic acids is 2. The molecule has 1 fully saturated rings. The molecule has 0 N–H and O–H groups in total. The SMILES string of the molecule is COC(=O)C1=CC=C2[C@H](CCCC2(C)C)[C@@H]1C(=O)OC. The van der Waals surface area contributed by atoms with Gasteiger partial charge in [-0.15, -0.1) is 0 Å². The van der Waals surface area contributed by atoms with E-state index in [1.807, 2.05) is 6.08 Å². The Morgan fingerprint density at radius 2 is 1.90 bits per heavy atom. The molecule has 4 heteroatoms. The Hall–Kier alpha value is -1.58. The molecule has 1 saturated carbocycles. The van der Waals surface area contributed by atoms with E-state index >= 15 is 0 Å². The van der Waals surface area contributed by atoms with Crippen LogP contribution < -0.4 is 0 Å². The summed E-state index contributed by atoms with van der Waals surface area (Å²) < 4.78 is 9.72. The highest BCUT2D eigenvalue weighted by atomic mass is 16.5. The summed E-state index contributed by atoms with van der Waals surface area (Å²) in [6.45, 7) is 4.38. The van der Waals surface area contributed by atoms with Gasteiger partial charge in [-0.1, -0.05) is 38.0 Å². The van der Waals surface area contributed by atoms with E-state index < -0.39 is 11.9 Å². The van der Waals surface area contributed by atoms with Crippen LogP contribution in [-0.2, 0) is 19.1 Å². The first-order valence-corrected chi connectivity index (χ1v) is 7.00. The molecule has 2 atom stereocenters. The van der Waals surface area contributed by atoms with Crippen LogP contribution in [-0.4, -0.2) is 26.2 Å². The van der Waals surface area contributed by atoms with Crippen molar-refractivity contribution in [3.8, 4) is 0 Å². The van der Waals surface area contributed by atoms with Crippen molar-refractivity contribution in [1.29, 1.82) is 0 Å². The number of hydrogen-bond donors (Lipinski definition) is 0. The van der Waals surface area contributed by atoms with Crippen molar-refractivity contribution in [1.82, 2.24) is 0 Å². The first kappa shape index (κ1) is 14.8. The summed E-state index contributed by atoms with van der Waals surface area (Å²) in [5.41, 5.74) is 1.71. The maximum Gasteiger partial charge on any atom is 0.334 e. The van der Waals surface area contributed by atoms with Gasteiger partial charge in [0.15, 0.2) is 0 Å². The smallest absolute Gasteiger partial charge is 0.334 e. The van der Waals surface area contributed by atoms with Crippen molar-refractivity contribution < 1.29 is 19.1 Å². The van der Waals surface area contributed by atoms with E-state index in [1.165, 1.54) is 19.8 Å². The van der Waals surface area contributed by atoms with Gasteiger partial charge in [0.05, 0.1) is 25.7 Å². The molecule has 0 amide bonds. The van der Waals surface area contributed by atoms with Crippen molar-refractivity contribution in [2.75, 3.05) is 14.2 Å². The monoisotopic (exact) mass is 278 g/mol. The van der Waals surface area contributed by atoms with E-state index in [2.05, 4.69) is 13.8 Å². The zero-order chi connectivity index (χ0) is 14.9. The van der Waals surface area contributed by atoms with Crippen LogP contribution in [0.4, 0.5) is 0 Å². The van der Waals surface area contributed by atoms with Gasteiger partial charge in [0.1, 0.15) is 0 Å². The molecule has 0 radical (unpaired) electrons. The molecule has 110 valence electrons. The second-order valence-electron chi connectivity index (χ2n) is 6.12. The third-order valence-corrected chi connectivity index (χ3v) is 4.55. The van der Waals surface area contributed by atoms with E-state index in [0.717, 1.165) is 19.3 Å². The predicted octanol–water partition coefficient (Wildman–Crippen LogP) is 2.64. The number of allylic oxidation sites excluding steroid dienone is 3. The van der Waals surface area contributed by atoms with Crippen molar-refractivity contribution >= 4 is 11.9 Å². The van der Waals surface area contributed by atoms with Crippen molar-refractivity contribution in [3.63, 3.8) is 0 Å². The maximum absolute atomic E-state index is 12.2. The van der Waals surface area contributed by atoms with Gasteiger partial charge in [0, 0.05) is 0 Å². The third kappa shape index (κ3) is 2.39. The lowest BCUT2D eigenvalue weighted by Crippen LogP contribution is -2.39. The summed E-state index contributed by atoms with van der Waals surface area (Å²) in [5.74, 6) is -1.29. The number of carbonyl (C=O) groups is 2. The lowest BCUT2D eigenvalue weighted by atomic mass is 9.61. The zero-order valence-corrected chi connectivity index (χ0v) is 12.6. The minimum atomic E-state index is -0.535. The Bertz CT molecular complexity index is 485. The summed E-state index contributed by atoms with van der Waals surface area (Å²) in [7, 11) is 2.70. The van der Waals surface area contributed by atoms with Gasteiger partial charge in [-0.2, -0.15) is 0 Å². The molecule has 0 aromatic heterocycles. The second-order valence-corrected chi connectivity index (χ2v) is 6.12. The first-order valence-electron chi connectivity index (χ1n) is 7.00. The molecule has 2 rings (SSSR count). The number of fused-ring (bicyclic) bond motifs is 1. The number of hydrogen-bond acceptors (Lipinski definition) is 4. The third-order valence-electron chi connectivity index (χ3n) is 4.55. The second kappa shape index (κ2) is 5.43. The predicted molar refractivity (Wildman–Crippen MR) is 74.8 cm³/mol. The molecule has 0 aliphatic heterocycles. The molecule has 2 aliphatic rings. The van der Waals surface area contributed by atoms with Crippen molar-refractivity contribution in [2.45, 2.75) is 33.1 Å². The molecule has 0 bridgehead atoms. The van der Waals surface area contributed by atoms with Gasteiger partial charge in [0.25, 0.3) is 0 Å². The summed E-state index contributed by atoms with van der Waals surface area (Å²) in [6, 6.07) is 0. The Morgan fingerprint density at radius 3 is 2.50 bits per heavy atom. The summed E-state index contributed by atoms with van der Waals surface area (Å²) >= 11 is 0. The molecule has 20 heavy (non-hydrogen) atoms. The largest absolute Gasteiger partial charge is 0.469 e. The highest BCUT2D eigenvalue weighted by Gasteiger charge is 2.45. The molecule has 0 unspecified atom stereocenters. The van der Waals surface area contributed by atoms with E-state index in [0.29, 0.717) is 5.57 Å². The lowest BCUT2D eigenvalue weighted by molar-refractivity contribution is -0.149. The van der Waals surface area contributed by atoms with Gasteiger partial charge in [-0.05, 0) is 24.2 Å². The molecule has 0 saturated heterocycles. The average molecular weight is 278 g/mol. The highest BCUT2D eigenvalue weighted by molar-refractivity contribution is 5.96. The molecule has 0 spiro atoms. The van der Waals surface area contributed by atoms with Gasteiger partial charge >= 0.3 is 11.9 Å². The van der Waals surface area contributed by atoms with Crippen LogP contribution in [0.15, 0.2) is 23.3 Å². The Balaban J connectivity index is 2.47. The van der Waals surface area contributed by atoms with Crippen LogP contribution in [0.5, 0.6) is 0 Å². The topological polar surface area (TPSA) is 52.6 Å². The quantitative estimate of drug-likeness (QED) is 0.729. The number of esters is 2. The zero-order valence-electron chi connectivity index (χ0n) is 12.6. The molecular weight excluding hydrogens is 256 g/mol. The number of ether oxygens (including phenoxy) is 2. The molecule has 0 aromatic rings. The van der Waals surface area contributed by atoms with Gasteiger partial charge in [0.2, 0.25) is 0 Å². The molecule has 0 aromatic carbocycles. The molecule has 2 aliphatic carbocycles. The van der Waals surface area contributed by atoms with Gasteiger partial charge in [-0.3, -0.25) is 4.79 Å². The van der Waals surface area contributed by atoms with Gasteiger partial charge in [-0.25, -0.2) is 4.79 Å². The van der Waals surface area contributed by atoms with Crippen molar-refractivity contribution in [3.05, 3.63) is 23.3 Å². The maximum atomic E-state index is 12.2. The van der Waals surface area contributed by atoms with Gasteiger partial charge < -0.3 is 9.47 Å². The summed E-state index contributed by atoms with van der Waals surface area (Å²) in [5, 5.41) is 0. The van der Waals surface area contributed by atoms with Crippen LogP contribution in [0.1, 0.15) is 33.1 Å². The molecular formula is C16H22O4. The Morgan fingerprint density at radius 1 is 1.20 bits per heavy atom. The minimum absolute atomic E-state index is 0.0466. The van der Waals surface area contributed by atoms with E-state index in [-0.39, 0.29) is 17.3 Å². The van der Waals surface area contributed by atoms with E-state index in [4.69, 9.17) is 9.47 Å². The fraction of sp³-hybridized carbons (Fsp3) is 0.625. The average Bonchev–Trinajstić information content (AvgIpc) is 2.44. The summed E-state index contributed by atoms with van der Waals surface area (Å²) in [6.07, 6.45) is 6.78. The van der Waals surface area contributed by atoms with E-state index in [1.54, 1.807) is 6.08 Å².